The van der Waals surface area contributed by atoms with Gasteiger partial charge in [-0.15, -0.1) is 0 Å². The van der Waals surface area contributed by atoms with E-state index < -0.39 is 59.4 Å². The second kappa shape index (κ2) is 24.3. The summed E-state index contributed by atoms with van der Waals surface area (Å²) in [6.45, 7) is 7.76. The van der Waals surface area contributed by atoms with E-state index in [2.05, 4.69) is 41.4 Å². The van der Waals surface area contributed by atoms with Gasteiger partial charge in [-0.05, 0) is 90.1 Å². The van der Waals surface area contributed by atoms with Crippen LogP contribution in [0.3, 0.4) is 0 Å². The highest BCUT2D eigenvalue weighted by atomic mass is 19.1. The van der Waals surface area contributed by atoms with Crippen molar-refractivity contribution in [1.82, 2.24) is 39.8 Å². The molecule has 6 aromatic heterocycles. The molecule has 0 aliphatic carbocycles. The molecule has 2 amide bonds. The van der Waals surface area contributed by atoms with Gasteiger partial charge >= 0.3 is 11.9 Å². The number of carbonyl (C=O) groups is 4. The number of halogens is 2. The van der Waals surface area contributed by atoms with Crippen LogP contribution in [0.25, 0.3) is 33.8 Å². The number of fused-ring (bicyclic) bond motifs is 2. The molecule has 372 valence electrons. The Morgan fingerprint density at radius 2 is 1.00 bits per heavy atom. The van der Waals surface area contributed by atoms with Gasteiger partial charge in [-0.2, -0.15) is 31.2 Å². The number of hydrogen-bond donors (Lipinski definition) is 8. The van der Waals surface area contributed by atoms with Crippen molar-refractivity contribution in [2.45, 2.75) is 77.2 Å². The van der Waals surface area contributed by atoms with E-state index in [1.54, 1.807) is 71.4 Å². The van der Waals surface area contributed by atoms with E-state index in [1.807, 2.05) is 24.3 Å². The largest absolute Gasteiger partial charge is 0.478 e. The second-order valence-electron chi connectivity index (χ2n) is 16.7. The van der Waals surface area contributed by atoms with Gasteiger partial charge in [0.05, 0.1) is 116 Å². The average molecular weight is 987 g/mol. The number of amides is 2. The van der Waals surface area contributed by atoms with Gasteiger partial charge in [0.25, 0.3) is 11.8 Å². The predicted molar refractivity (Wildman–Crippen MR) is 255 cm³/mol. The lowest BCUT2D eigenvalue weighted by molar-refractivity contribution is -0.134. The van der Waals surface area contributed by atoms with E-state index in [0.717, 1.165) is 0 Å². The molecule has 0 radical (unpaired) electrons. The third-order valence-corrected chi connectivity index (χ3v) is 10.00. The number of nitrogens with one attached hydrogen (secondary N) is 4. The van der Waals surface area contributed by atoms with Gasteiger partial charge in [-0.1, -0.05) is 0 Å². The van der Waals surface area contributed by atoms with E-state index in [1.165, 1.54) is 52.5 Å². The first-order valence-corrected chi connectivity index (χ1v) is 21.4. The van der Waals surface area contributed by atoms with Crippen molar-refractivity contribution in [3.05, 3.63) is 108 Å². The second-order valence-corrected chi connectivity index (χ2v) is 16.7. The van der Waals surface area contributed by atoms with Crippen LogP contribution >= 0.6 is 0 Å². The zero-order valence-electron chi connectivity index (χ0n) is 39.5. The summed E-state index contributed by atoms with van der Waals surface area (Å²) in [6.07, 6.45) is 3.32. The number of pyridine rings is 2. The molecule has 6 aromatic rings. The third-order valence-electron chi connectivity index (χ3n) is 10.00. The first kappa shape index (κ1) is 55.2. The molecule has 0 bridgehead atoms. The first-order valence-electron chi connectivity index (χ1n) is 21.4. The minimum atomic E-state index is -1.66. The number of aromatic nitrogens is 6. The van der Waals surface area contributed by atoms with Gasteiger partial charge in [-0.3, -0.25) is 19.6 Å². The molecule has 0 aliphatic heterocycles. The van der Waals surface area contributed by atoms with E-state index in [4.69, 9.17) is 20.7 Å². The number of anilines is 2. The molecule has 0 unspecified atom stereocenters. The Labute approximate surface area is 410 Å². The monoisotopic (exact) mass is 986 g/mol. The minimum absolute atomic E-state index is 0.124. The maximum Gasteiger partial charge on any atom is 0.328 e. The molecule has 0 saturated carbocycles. The first-order chi connectivity index (χ1) is 33.9. The summed E-state index contributed by atoms with van der Waals surface area (Å²) < 4.78 is 31.3. The molecule has 6 rings (SSSR count). The molecule has 0 fully saturated rings. The average Bonchev–Trinajstić information content (AvgIpc) is 3.97. The summed E-state index contributed by atoms with van der Waals surface area (Å²) in [5, 5.41) is 90.9. The standard InChI is InChI=1S/2C22H22FN7O2.C4H4O4/c2*1-13(8-24)29-17-7-18(19-5-4-15-6-14(9-25)10-28-30(15)19)26-11-16(17)21(31)27-12-20(23)22(2,3)32;5-3(6)1-2-4(7)8/h2*4-7,10-11,13,20,32H,12H2,1-3H3,(H,26,29)(H,27,31);1-2H,(H,5,6)(H,7,8)/b;;2-1+/t2*13-,20-;/m11./s1. The van der Waals surface area contributed by atoms with Crippen LogP contribution in [-0.4, -0.2) is 122 Å². The maximum absolute atomic E-state index is 14.0. The number of nitrogens with zero attached hydrogens (tertiary/aromatic N) is 10. The normalized spacial score (nSPS) is 12.7. The fraction of sp³-hybridized carbons (Fsp3) is 0.292. The van der Waals surface area contributed by atoms with Crippen molar-refractivity contribution in [2.24, 2.45) is 0 Å². The lowest BCUT2D eigenvalue weighted by atomic mass is 10.0. The van der Waals surface area contributed by atoms with E-state index in [9.17, 15) is 48.7 Å². The predicted octanol–water partition coefficient (Wildman–Crippen LogP) is 4.57. The highest BCUT2D eigenvalue weighted by molar-refractivity contribution is 6.01. The summed E-state index contributed by atoms with van der Waals surface area (Å²) in [4.78, 5) is 53.2. The summed E-state index contributed by atoms with van der Waals surface area (Å²) in [7, 11) is 0. The molecule has 72 heavy (non-hydrogen) atoms. The summed E-state index contributed by atoms with van der Waals surface area (Å²) >= 11 is 0. The molecular formula is C48H48F2N14O8. The summed E-state index contributed by atoms with van der Waals surface area (Å²) in [5.74, 6) is -3.71. The molecule has 0 spiro atoms. The van der Waals surface area contributed by atoms with Gasteiger partial charge in [0.1, 0.15) is 36.6 Å². The fourth-order valence-electron chi connectivity index (χ4n) is 6.03. The van der Waals surface area contributed by atoms with Crippen LogP contribution < -0.4 is 21.3 Å². The Morgan fingerprint density at radius 1 is 0.639 bits per heavy atom. The highest BCUT2D eigenvalue weighted by Crippen LogP contribution is 2.28. The summed E-state index contributed by atoms with van der Waals surface area (Å²) in [5.41, 5.74) is 2.16. The van der Waals surface area contributed by atoms with Crippen LogP contribution in [-0.2, 0) is 9.59 Å². The number of carbonyl (C=O) groups excluding carboxylic acids is 2. The number of nitriles is 4. The van der Waals surface area contributed by atoms with Gasteiger partial charge in [-0.25, -0.2) is 27.4 Å². The van der Waals surface area contributed by atoms with Crippen LogP contribution in [0.15, 0.2) is 85.5 Å². The number of aliphatic hydroxyl groups is 2. The number of hydrogen-bond acceptors (Lipinski definition) is 16. The maximum atomic E-state index is 14.0. The lowest BCUT2D eigenvalue weighted by Gasteiger charge is -2.22. The molecule has 4 atom stereocenters. The van der Waals surface area contributed by atoms with Crippen molar-refractivity contribution < 1.29 is 48.4 Å². The molecule has 24 heteroatoms. The Morgan fingerprint density at radius 3 is 1.31 bits per heavy atom. The number of alkyl halides is 2. The van der Waals surface area contributed by atoms with Crippen LogP contribution in [0.2, 0.25) is 0 Å². The number of carboxylic acid groups (broad SMARTS) is 2. The Balaban J connectivity index is 0.000000271. The van der Waals surface area contributed by atoms with E-state index in [0.29, 0.717) is 68.5 Å². The topological polar surface area (TPSA) is 353 Å². The minimum Gasteiger partial charge on any atom is -0.478 e. The van der Waals surface area contributed by atoms with Crippen LogP contribution in [0, 0.1) is 45.3 Å². The Bertz CT molecular complexity index is 2960. The highest BCUT2D eigenvalue weighted by Gasteiger charge is 2.29. The molecule has 8 N–H and O–H groups in total. The van der Waals surface area contributed by atoms with Crippen molar-refractivity contribution in [3.63, 3.8) is 0 Å². The molecule has 6 heterocycles. The van der Waals surface area contributed by atoms with E-state index >= 15 is 0 Å². The SMILES string of the molecule is C[C@H](C#N)Nc1cc(-c2ccc3cc(C#N)cnn23)ncc1C(=O)NC[C@@H](F)C(C)(C)O.C[C@H](C#N)Nc1cc(-c2ccc3cc(C#N)cnn23)ncc1C(=O)NC[C@@H](F)C(C)(C)O.O=C(O)/C=C/C(=O)O. The molecule has 0 aromatic carbocycles. The van der Waals surface area contributed by atoms with Crippen molar-refractivity contribution >= 4 is 46.2 Å². The lowest BCUT2D eigenvalue weighted by Crippen LogP contribution is -2.42. The van der Waals surface area contributed by atoms with Crippen molar-refractivity contribution in [1.29, 1.82) is 21.0 Å². The van der Waals surface area contributed by atoms with Crippen molar-refractivity contribution in [2.75, 3.05) is 23.7 Å². The van der Waals surface area contributed by atoms with Crippen molar-refractivity contribution in [3.8, 4) is 47.1 Å². The smallest absolute Gasteiger partial charge is 0.328 e. The van der Waals surface area contributed by atoms with Gasteiger partial charge in [0.2, 0.25) is 0 Å². The zero-order chi connectivity index (χ0) is 53.5. The van der Waals surface area contributed by atoms with Gasteiger partial charge in [0.15, 0.2) is 0 Å². The third kappa shape index (κ3) is 15.1. The molecule has 0 saturated heterocycles. The number of carboxylic acids is 2. The van der Waals surface area contributed by atoms with Crippen LogP contribution in [0.5, 0.6) is 0 Å². The Kier molecular flexibility index (Phi) is 18.6. The van der Waals surface area contributed by atoms with Crippen LogP contribution in [0.1, 0.15) is 73.4 Å². The quantitative estimate of drug-likeness (QED) is 0.0615. The molecule has 0 aliphatic rings. The zero-order valence-corrected chi connectivity index (χ0v) is 39.5. The van der Waals surface area contributed by atoms with Crippen LogP contribution in [0.4, 0.5) is 20.2 Å². The summed E-state index contributed by atoms with van der Waals surface area (Å²) in [6, 6.07) is 20.6. The van der Waals surface area contributed by atoms with Gasteiger partial charge in [0, 0.05) is 24.5 Å². The fourth-order valence-corrected chi connectivity index (χ4v) is 6.03. The van der Waals surface area contributed by atoms with Gasteiger partial charge < -0.3 is 41.7 Å². The number of rotatable bonds is 16. The molecule has 22 nitrogen and oxygen atoms in total. The Hall–Kier alpha value is -9.36. The molecular weight excluding hydrogens is 939 g/mol. The number of aliphatic carboxylic acids is 2. The van der Waals surface area contributed by atoms with E-state index in [-0.39, 0.29) is 24.2 Å².